The first-order valence-electron chi connectivity index (χ1n) is 5.63. The SMILES string of the molecule is Cc1ccn2nc(NCCc3ncon3)nc2c1. The molecule has 0 radical (unpaired) electrons. The Morgan fingerprint density at radius 1 is 1.44 bits per heavy atom. The van der Waals surface area contributed by atoms with Crippen LogP contribution in [0.4, 0.5) is 5.95 Å². The van der Waals surface area contributed by atoms with E-state index in [9.17, 15) is 0 Å². The largest absolute Gasteiger partial charge is 0.352 e. The number of hydrogen-bond donors (Lipinski definition) is 1. The van der Waals surface area contributed by atoms with Gasteiger partial charge in [0.1, 0.15) is 0 Å². The molecule has 3 rings (SSSR count). The Morgan fingerprint density at radius 2 is 2.39 bits per heavy atom. The Labute approximate surface area is 103 Å². The van der Waals surface area contributed by atoms with E-state index in [0.29, 0.717) is 24.7 Å². The molecule has 0 aliphatic heterocycles. The topological polar surface area (TPSA) is 81.1 Å². The number of rotatable bonds is 4. The fraction of sp³-hybridized carbons (Fsp3) is 0.273. The van der Waals surface area contributed by atoms with Gasteiger partial charge in [-0.1, -0.05) is 5.16 Å². The predicted molar refractivity (Wildman–Crippen MR) is 64.2 cm³/mol. The Bertz CT molecular complexity index is 645. The van der Waals surface area contributed by atoms with Crippen molar-refractivity contribution < 1.29 is 4.52 Å². The fourth-order valence-corrected chi connectivity index (χ4v) is 1.65. The minimum atomic E-state index is 0.601. The molecule has 1 N–H and O–H groups in total. The third-order valence-corrected chi connectivity index (χ3v) is 2.53. The van der Waals surface area contributed by atoms with E-state index < -0.39 is 0 Å². The van der Waals surface area contributed by atoms with Gasteiger partial charge in [-0.3, -0.25) is 0 Å². The van der Waals surface area contributed by atoms with Crippen LogP contribution in [0.25, 0.3) is 5.65 Å². The maximum atomic E-state index is 4.65. The number of hydrogen-bond acceptors (Lipinski definition) is 6. The van der Waals surface area contributed by atoms with Crippen LogP contribution in [0.3, 0.4) is 0 Å². The zero-order valence-electron chi connectivity index (χ0n) is 9.87. The summed E-state index contributed by atoms with van der Waals surface area (Å²) in [4.78, 5) is 8.31. The molecule has 0 amide bonds. The lowest BCUT2D eigenvalue weighted by molar-refractivity contribution is 0.410. The minimum Gasteiger partial charge on any atom is -0.352 e. The smallest absolute Gasteiger partial charge is 0.243 e. The Hall–Kier alpha value is -2.44. The molecular formula is C11H12N6O. The van der Waals surface area contributed by atoms with Crippen LogP contribution in [-0.4, -0.2) is 31.3 Å². The van der Waals surface area contributed by atoms with E-state index in [1.165, 1.54) is 6.39 Å². The molecule has 7 heteroatoms. The van der Waals surface area contributed by atoms with Gasteiger partial charge in [0.05, 0.1) is 0 Å². The molecule has 0 spiro atoms. The van der Waals surface area contributed by atoms with Crippen molar-refractivity contribution in [3.63, 3.8) is 0 Å². The molecule has 3 aromatic rings. The Kier molecular flexibility index (Phi) is 2.64. The molecule has 0 saturated carbocycles. The van der Waals surface area contributed by atoms with E-state index in [1.807, 2.05) is 25.3 Å². The number of aromatic nitrogens is 5. The van der Waals surface area contributed by atoms with Crippen molar-refractivity contribution in [2.75, 3.05) is 11.9 Å². The van der Waals surface area contributed by atoms with Crippen LogP contribution in [0, 0.1) is 6.92 Å². The van der Waals surface area contributed by atoms with Gasteiger partial charge in [-0.05, 0) is 24.6 Å². The molecule has 92 valence electrons. The average Bonchev–Trinajstić information content (AvgIpc) is 2.97. The maximum absolute atomic E-state index is 4.65. The van der Waals surface area contributed by atoms with Gasteiger partial charge in [0, 0.05) is 19.2 Å². The third-order valence-electron chi connectivity index (χ3n) is 2.53. The predicted octanol–water partition coefficient (Wildman–Crippen LogP) is 1.08. The summed E-state index contributed by atoms with van der Waals surface area (Å²) in [6.07, 6.45) is 3.88. The van der Waals surface area contributed by atoms with E-state index in [-0.39, 0.29) is 0 Å². The molecule has 0 fully saturated rings. The van der Waals surface area contributed by atoms with Gasteiger partial charge in [-0.15, -0.1) is 5.10 Å². The quantitative estimate of drug-likeness (QED) is 0.739. The number of nitrogens with zero attached hydrogens (tertiary/aromatic N) is 5. The molecule has 3 heterocycles. The molecule has 18 heavy (non-hydrogen) atoms. The molecule has 0 bridgehead atoms. The first kappa shape index (κ1) is 10.7. The third kappa shape index (κ3) is 2.15. The van der Waals surface area contributed by atoms with Gasteiger partial charge >= 0.3 is 0 Å². The van der Waals surface area contributed by atoms with Gasteiger partial charge in [-0.25, -0.2) is 4.52 Å². The highest BCUT2D eigenvalue weighted by Crippen LogP contribution is 2.07. The highest BCUT2D eigenvalue weighted by atomic mass is 16.5. The monoisotopic (exact) mass is 244 g/mol. The second-order valence-corrected chi connectivity index (χ2v) is 3.97. The van der Waals surface area contributed by atoms with E-state index >= 15 is 0 Å². The van der Waals surface area contributed by atoms with Crippen LogP contribution >= 0.6 is 0 Å². The zero-order chi connectivity index (χ0) is 12.4. The highest BCUT2D eigenvalue weighted by Gasteiger charge is 2.03. The van der Waals surface area contributed by atoms with Crippen molar-refractivity contribution in [1.82, 2.24) is 24.7 Å². The summed E-state index contributed by atoms with van der Waals surface area (Å²) in [6.45, 7) is 2.69. The van der Waals surface area contributed by atoms with E-state index in [2.05, 4.69) is 30.1 Å². The number of nitrogens with one attached hydrogen (secondary N) is 1. The van der Waals surface area contributed by atoms with Crippen LogP contribution in [0.1, 0.15) is 11.4 Å². The van der Waals surface area contributed by atoms with Crippen LogP contribution in [0.15, 0.2) is 29.2 Å². The van der Waals surface area contributed by atoms with Crippen molar-refractivity contribution in [2.24, 2.45) is 0 Å². The van der Waals surface area contributed by atoms with Crippen molar-refractivity contribution in [3.8, 4) is 0 Å². The summed E-state index contributed by atoms with van der Waals surface area (Å²) in [7, 11) is 0. The van der Waals surface area contributed by atoms with Gasteiger partial charge in [0.15, 0.2) is 11.5 Å². The lowest BCUT2D eigenvalue weighted by Gasteiger charge is -1.96. The molecule has 0 aliphatic rings. The number of anilines is 1. The molecule has 0 aromatic carbocycles. The summed E-state index contributed by atoms with van der Waals surface area (Å²) in [6, 6.07) is 3.97. The molecule has 0 unspecified atom stereocenters. The van der Waals surface area contributed by atoms with Gasteiger partial charge in [0.2, 0.25) is 12.3 Å². The fourth-order valence-electron chi connectivity index (χ4n) is 1.65. The summed E-state index contributed by atoms with van der Waals surface area (Å²) in [5.74, 6) is 1.27. The van der Waals surface area contributed by atoms with Crippen molar-refractivity contribution >= 4 is 11.6 Å². The number of fused-ring (bicyclic) bond motifs is 1. The molecule has 0 saturated heterocycles. The van der Waals surface area contributed by atoms with Gasteiger partial charge in [0.25, 0.3) is 0 Å². The number of pyridine rings is 1. The van der Waals surface area contributed by atoms with Crippen molar-refractivity contribution in [1.29, 1.82) is 0 Å². The second-order valence-electron chi connectivity index (χ2n) is 3.97. The van der Waals surface area contributed by atoms with Gasteiger partial charge < -0.3 is 9.84 Å². The molecule has 3 aromatic heterocycles. The normalized spacial score (nSPS) is 10.9. The summed E-state index contributed by atoms with van der Waals surface area (Å²) < 4.78 is 6.39. The van der Waals surface area contributed by atoms with Crippen molar-refractivity contribution in [2.45, 2.75) is 13.3 Å². The Balaban J connectivity index is 1.67. The first-order chi connectivity index (χ1) is 8.81. The molecule has 0 atom stereocenters. The molecular weight excluding hydrogens is 232 g/mol. The van der Waals surface area contributed by atoms with Crippen LogP contribution in [-0.2, 0) is 6.42 Å². The minimum absolute atomic E-state index is 0.601. The molecule has 0 aliphatic carbocycles. The maximum Gasteiger partial charge on any atom is 0.243 e. The average molecular weight is 244 g/mol. The Morgan fingerprint density at radius 3 is 3.22 bits per heavy atom. The summed E-state index contributed by atoms with van der Waals surface area (Å²) >= 11 is 0. The van der Waals surface area contributed by atoms with E-state index in [0.717, 1.165) is 11.2 Å². The first-order valence-corrected chi connectivity index (χ1v) is 5.63. The van der Waals surface area contributed by atoms with Gasteiger partial charge in [-0.2, -0.15) is 9.97 Å². The molecule has 7 nitrogen and oxygen atoms in total. The summed E-state index contributed by atoms with van der Waals surface area (Å²) in [5.41, 5.74) is 1.99. The lowest BCUT2D eigenvalue weighted by Crippen LogP contribution is -2.07. The number of aryl methyl sites for hydroxylation is 1. The standard InChI is InChI=1S/C11H12N6O/c1-8-3-5-17-10(6-8)14-11(15-17)12-4-2-9-13-7-18-16-9/h3,5-7H,2,4H2,1H3,(H,12,15). The lowest BCUT2D eigenvalue weighted by atomic mass is 10.3. The highest BCUT2D eigenvalue weighted by molar-refractivity contribution is 5.45. The van der Waals surface area contributed by atoms with Crippen LogP contribution < -0.4 is 5.32 Å². The van der Waals surface area contributed by atoms with E-state index in [4.69, 9.17) is 0 Å². The summed E-state index contributed by atoms with van der Waals surface area (Å²) in [5, 5.41) is 11.2. The van der Waals surface area contributed by atoms with Crippen LogP contribution in [0.5, 0.6) is 0 Å². The van der Waals surface area contributed by atoms with E-state index in [1.54, 1.807) is 4.52 Å². The zero-order valence-corrected chi connectivity index (χ0v) is 9.87. The second kappa shape index (κ2) is 4.44. The van der Waals surface area contributed by atoms with Crippen LogP contribution in [0.2, 0.25) is 0 Å². The van der Waals surface area contributed by atoms with Crippen molar-refractivity contribution in [3.05, 3.63) is 36.1 Å².